The van der Waals surface area contributed by atoms with Gasteiger partial charge in [0, 0.05) is 26.3 Å². The van der Waals surface area contributed by atoms with Crippen molar-refractivity contribution in [2.75, 3.05) is 31.3 Å². The predicted octanol–water partition coefficient (Wildman–Crippen LogP) is 1.58. The van der Waals surface area contributed by atoms with E-state index in [1.165, 1.54) is 12.8 Å². The maximum atomic E-state index is 5.73. The quantitative estimate of drug-likeness (QED) is 0.813. The third-order valence-corrected chi connectivity index (χ3v) is 3.11. The number of nitrogens with zero attached hydrogens (tertiary/aromatic N) is 2. The maximum absolute atomic E-state index is 5.73. The van der Waals surface area contributed by atoms with Crippen molar-refractivity contribution in [1.82, 2.24) is 9.97 Å². The molecule has 2 rings (SSSR count). The van der Waals surface area contributed by atoms with E-state index >= 15 is 0 Å². The van der Waals surface area contributed by atoms with Gasteiger partial charge in [0.05, 0.1) is 6.10 Å². The molecule has 6 nitrogen and oxygen atoms in total. The van der Waals surface area contributed by atoms with Crippen LogP contribution in [-0.4, -0.2) is 36.3 Å². The highest BCUT2D eigenvalue weighted by Crippen LogP contribution is 2.16. The zero-order valence-corrected chi connectivity index (χ0v) is 11.4. The summed E-state index contributed by atoms with van der Waals surface area (Å²) in [5.41, 5.74) is 5.73. The first-order valence-electron chi connectivity index (χ1n) is 6.76. The molecule has 0 aromatic carbocycles. The summed E-state index contributed by atoms with van der Waals surface area (Å²) in [6.07, 6.45) is 4.97. The van der Waals surface area contributed by atoms with Gasteiger partial charge < -0.3 is 20.5 Å². The van der Waals surface area contributed by atoms with Crippen molar-refractivity contribution in [2.45, 2.75) is 38.4 Å². The molecule has 1 saturated heterocycles. The van der Waals surface area contributed by atoms with Gasteiger partial charge in [-0.3, -0.25) is 0 Å². The minimum atomic E-state index is 0.367. The Bertz CT molecular complexity index is 394. The first kappa shape index (κ1) is 14.0. The average Bonchev–Trinajstić information content (AvgIpc) is 2.40. The van der Waals surface area contributed by atoms with E-state index in [9.17, 15) is 0 Å². The normalized spacial score (nSPS) is 19.3. The van der Waals surface area contributed by atoms with E-state index in [1.54, 1.807) is 13.2 Å². The number of nitrogen functional groups attached to an aromatic ring is 1. The Kier molecular flexibility index (Phi) is 5.35. The number of rotatable bonds is 6. The summed E-state index contributed by atoms with van der Waals surface area (Å²) in [4.78, 5) is 8.44. The molecule has 3 N–H and O–H groups in total. The van der Waals surface area contributed by atoms with Gasteiger partial charge >= 0.3 is 0 Å². The highest BCUT2D eigenvalue weighted by atomic mass is 16.5. The smallest absolute Gasteiger partial charge is 0.158 e. The van der Waals surface area contributed by atoms with Crippen LogP contribution in [0.2, 0.25) is 0 Å². The molecule has 1 aromatic rings. The number of anilines is 2. The molecule has 1 aliphatic rings. The molecular formula is C13H22N4O2. The van der Waals surface area contributed by atoms with Gasteiger partial charge in [-0.25, -0.2) is 9.97 Å². The molecule has 0 spiro atoms. The lowest BCUT2D eigenvalue weighted by atomic mass is 10.1. The molecule has 1 atom stereocenters. The van der Waals surface area contributed by atoms with Gasteiger partial charge in [0.15, 0.2) is 5.82 Å². The average molecular weight is 266 g/mol. The summed E-state index contributed by atoms with van der Waals surface area (Å²) in [6, 6.07) is 1.74. The molecular weight excluding hydrogens is 244 g/mol. The van der Waals surface area contributed by atoms with E-state index in [-0.39, 0.29) is 0 Å². The first-order valence-corrected chi connectivity index (χ1v) is 6.76. The summed E-state index contributed by atoms with van der Waals surface area (Å²) < 4.78 is 10.7. The number of hydrogen-bond donors (Lipinski definition) is 2. The van der Waals surface area contributed by atoms with Crippen LogP contribution < -0.4 is 11.1 Å². The van der Waals surface area contributed by atoms with Gasteiger partial charge in [0.2, 0.25) is 0 Å². The standard InChI is InChI=1S/C13H22N4O2/c1-18-9-13-16-11(14)8-12(17-13)15-6-5-10-4-2-3-7-19-10/h8,10H,2-7,9H2,1H3,(H3,14,15,16,17). The zero-order valence-electron chi connectivity index (χ0n) is 11.4. The van der Waals surface area contributed by atoms with E-state index < -0.39 is 0 Å². The minimum absolute atomic E-state index is 0.367. The van der Waals surface area contributed by atoms with Crippen LogP contribution in [0.15, 0.2) is 6.07 Å². The second-order valence-electron chi connectivity index (χ2n) is 4.73. The Morgan fingerprint density at radius 3 is 3.11 bits per heavy atom. The molecule has 0 bridgehead atoms. The summed E-state index contributed by atoms with van der Waals surface area (Å²) in [5, 5.41) is 3.26. The number of nitrogens with two attached hydrogens (primary N) is 1. The monoisotopic (exact) mass is 266 g/mol. The second kappa shape index (κ2) is 7.25. The maximum Gasteiger partial charge on any atom is 0.158 e. The lowest BCUT2D eigenvalue weighted by Crippen LogP contribution is -2.22. The summed E-state index contributed by atoms with van der Waals surface area (Å²) >= 11 is 0. The van der Waals surface area contributed by atoms with E-state index in [2.05, 4.69) is 15.3 Å². The van der Waals surface area contributed by atoms with E-state index in [1.807, 2.05) is 0 Å². The van der Waals surface area contributed by atoms with Crippen molar-refractivity contribution in [1.29, 1.82) is 0 Å². The van der Waals surface area contributed by atoms with Crippen LogP contribution in [0.25, 0.3) is 0 Å². The van der Waals surface area contributed by atoms with Crippen LogP contribution in [0.5, 0.6) is 0 Å². The van der Waals surface area contributed by atoms with Crippen molar-refractivity contribution in [3.63, 3.8) is 0 Å². The minimum Gasteiger partial charge on any atom is -0.384 e. The van der Waals surface area contributed by atoms with Gasteiger partial charge in [0.1, 0.15) is 18.2 Å². The number of nitrogens with one attached hydrogen (secondary N) is 1. The Morgan fingerprint density at radius 2 is 2.37 bits per heavy atom. The molecule has 6 heteroatoms. The van der Waals surface area contributed by atoms with E-state index in [4.69, 9.17) is 15.2 Å². The first-order chi connectivity index (χ1) is 9.28. The number of ether oxygens (including phenoxy) is 2. The Labute approximate surface area is 113 Å². The molecule has 0 radical (unpaired) electrons. The molecule has 2 heterocycles. The lowest BCUT2D eigenvalue weighted by Gasteiger charge is -2.22. The molecule has 1 aliphatic heterocycles. The molecule has 106 valence electrons. The van der Waals surface area contributed by atoms with Crippen molar-refractivity contribution < 1.29 is 9.47 Å². The van der Waals surface area contributed by atoms with Gasteiger partial charge in [-0.05, 0) is 25.7 Å². The second-order valence-corrected chi connectivity index (χ2v) is 4.73. The third kappa shape index (κ3) is 4.65. The van der Waals surface area contributed by atoms with Gasteiger partial charge in [-0.1, -0.05) is 0 Å². The SMILES string of the molecule is COCc1nc(N)cc(NCCC2CCCCO2)n1. The number of hydrogen-bond acceptors (Lipinski definition) is 6. The fraction of sp³-hybridized carbons (Fsp3) is 0.692. The van der Waals surface area contributed by atoms with Crippen LogP contribution in [0.3, 0.4) is 0 Å². The van der Waals surface area contributed by atoms with Crippen molar-refractivity contribution in [2.24, 2.45) is 0 Å². The van der Waals surface area contributed by atoms with Gasteiger partial charge in [0.25, 0.3) is 0 Å². The van der Waals surface area contributed by atoms with E-state index in [0.29, 0.717) is 24.4 Å². The fourth-order valence-electron chi connectivity index (χ4n) is 2.20. The van der Waals surface area contributed by atoms with Crippen LogP contribution >= 0.6 is 0 Å². The van der Waals surface area contributed by atoms with Crippen LogP contribution in [-0.2, 0) is 16.1 Å². The molecule has 19 heavy (non-hydrogen) atoms. The number of methoxy groups -OCH3 is 1. The fourth-order valence-corrected chi connectivity index (χ4v) is 2.20. The van der Waals surface area contributed by atoms with Gasteiger partial charge in [-0.15, -0.1) is 0 Å². The van der Waals surface area contributed by atoms with Crippen molar-refractivity contribution in [3.05, 3.63) is 11.9 Å². The lowest BCUT2D eigenvalue weighted by molar-refractivity contribution is 0.0134. The molecule has 1 unspecified atom stereocenters. The number of aromatic nitrogens is 2. The van der Waals surface area contributed by atoms with Crippen LogP contribution in [0.1, 0.15) is 31.5 Å². The summed E-state index contributed by atoms with van der Waals surface area (Å²) in [6.45, 7) is 2.09. The molecule has 0 saturated carbocycles. The third-order valence-electron chi connectivity index (χ3n) is 3.11. The summed E-state index contributed by atoms with van der Waals surface area (Å²) in [5.74, 6) is 1.80. The zero-order chi connectivity index (χ0) is 13.5. The molecule has 1 aromatic heterocycles. The highest BCUT2D eigenvalue weighted by Gasteiger charge is 2.13. The summed E-state index contributed by atoms with van der Waals surface area (Å²) in [7, 11) is 1.61. The highest BCUT2D eigenvalue weighted by molar-refractivity contribution is 5.44. The largest absolute Gasteiger partial charge is 0.384 e. The predicted molar refractivity (Wildman–Crippen MR) is 73.9 cm³/mol. The Morgan fingerprint density at radius 1 is 1.47 bits per heavy atom. The van der Waals surface area contributed by atoms with Crippen molar-refractivity contribution in [3.8, 4) is 0 Å². The van der Waals surface area contributed by atoms with Crippen LogP contribution in [0, 0.1) is 0 Å². The van der Waals surface area contributed by atoms with Crippen molar-refractivity contribution >= 4 is 11.6 Å². The topological polar surface area (TPSA) is 82.3 Å². The Balaban J connectivity index is 1.81. The molecule has 0 aliphatic carbocycles. The molecule has 1 fully saturated rings. The molecule has 0 amide bonds. The van der Waals surface area contributed by atoms with Crippen LogP contribution in [0.4, 0.5) is 11.6 Å². The van der Waals surface area contributed by atoms with E-state index in [0.717, 1.165) is 31.8 Å². The van der Waals surface area contributed by atoms with Gasteiger partial charge in [-0.2, -0.15) is 0 Å². The Hall–Kier alpha value is -1.40.